The standard InChI is InChI=1S/C12H14O3/c1-3-8-13-10-6-4-5-7-11(10)15-12(2)9-14-12/h3-7H,1,8-9H2,2H3. The largest absolute Gasteiger partial charge is 0.486 e. The summed E-state index contributed by atoms with van der Waals surface area (Å²) in [6.45, 7) is 6.60. The summed E-state index contributed by atoms with van der Waals surface area (Å²) in [5, 5.41) is 0. The predicted molar refractivity (Wildman–Crippen MR) is 57.1 cm³/mol. The first kappa shape index (κ1) is 10.1. The highest BCUT2D eigenvalue weighted by Crippen LogP contribution is 2.35. The molecule has 0 bridgehead atoms. The van der Waals surface area contributed by atoms with Crippen molar-refractivity contribution in [3.8, 4) is 11.5 Å². The molecule has 15 heavy (non-hydrogen) atoms. The molecule has 1 unspecified atom stereocenters. The van der Waals surface area contributed by atoms with E-state index in [4.69, 9.17) is 14.2 Å². The van der Waals surface area contributed by atoms with Crippen LogP contribution >= 0.6 is 0 Å². The first-order chi connectivity index (χ1) is 7.23. The van der Waals surface area contributed by atoms with Crippen LogP contribution in [0.25, 0.3) is 0 Å². The number of hydrogen-bond donors (Lipinski definition) is 0. The number of hydrogen-bond acceptors (Lipinski definition) is 3. The van der Waals surface area contributed by atoms with E-state index in [9.17, 15) is 0 Å². The molecule has 1 aromatic rings. The van der Waals surface area contributed by atoms with Gasteiger partial charge in [-0.05, 0) is 12.1 Å². The van der Waals surface area contributed by atoms with Crippen LogP contribution in [-0.4, -0.2) is 19.0 Å². The summed E-state index contributed by atoms with van der Waals surface area (Å²) < 4.78 is 16.3. The van der Waals surface area contributed by atoms with Gasteiger partial charge in [-0.3, -0.25) is 0 Å². The molecule has 0 amide bonds. The van der Waals surface area contributed by atoms with Crippen molar-refractivity contribution in [2.45, 2.75) is 12.7 Å². The average Bonchev–Trinajstić information content (AvgIpc) is 2.95. The maximum atomic E-state index is 5.66. The third-order valence-corrected chi connectivity index (χ3v) is 2.08. The topological polar surface area (TPSA) is 31.0 Å². The van der Waals surface area contributed by atoms with Crippen molar-refractivity contribution in [1.82, 2.24) is 0 Å². The summed E-state index contributed by atoms with van der Waals surface area (Å²) in [5.41, 5.74) is 0. The Labute approximate surface area is 89.3 Å². The highest BCUT2D eigenvalue weighted by Gasteiger charge is 2.42. The Hall–Kier alpha value is -1.48. The molecule has 1 heterocycles. The molecule has 0 aromatic heterocycles. The third kappa shape index (κ3) is 2.50. The van der Waals surface area contributed by atoms with E-state index in [-0.39, 0.29) is 0 Å². The van der Waals surface area contributed by atoms with E-state index in [1.54, 1.807) is 6.08 Å². The molecule has 1 saturated heterocycles. The van der Waals surface area contributed by atoms with Crippen molar-refractivity contribution in [2.75, 3.05) is 13.2 Å². The van der Waals surface area contributed by atoms with Gasteiger partial charge in [0.15, 0.2) is 11.5 Å². The molecule has 1 aromatic carbocycles. The van der Waals surface area contributed by atoms with Gasteiger partial charge in [0.2, 0.25) is 5.79 Å². The number of ether oxygens (including phenoxy) is 3. The molecule has 1 aliphatic rings. The van der Waals surface area contributed by atoms with Crippen LogP contribution in [0, 0.1) is 0 Å². The van der Waals surface area contributed by atoms with Crippen LogP contribution in [0.15, 0.2) is 36.9 Å². The zero-order valence-electron chi connectivity index (χ0n) is 8.73. The molecule has 0 aliphatic carbocycles. The molecule has 0 spiro atoms. The van der Waals surface area contributed by atoms with Crippen LogP contribution in [0.1, 0.15) is 6.92 Å². The molecular formula is C12H14O3. The average molecular weight is 206 g/mol. The van der Waals surface area contributed by atoms with Crippen LogP contribution < -0.4 is 9.47 Å². The predicted octanol–water partition coefficient (Wildman–Crippen LogP) is 2.38. The van der Waals surface area contributed by atoms with E-state index in [2.05, 4.69) is 6.58 Å². The number of benzene rings is 1. The van der Waals surface area contributed by atoms with Crippen molar-refractivity contribution in [2.24, 2.45) is 0 Å². The van der Waals surface area contributed by atoms with Gasteiger partial charge in [0.1, 0.15) is 13.2 Å². The summed E-state index contributed by atoms with van der Waals surface area (Å²) in [6.07, 6.45) is 1.70. The normalized spacial score (nSPS) is 23.3. The third-order valence-electron chi connectivity index (χ3n) is 2.08. The van der Waals surface area contributed by atoms with Gasteiger partial charge in [-0.25, -0.2) is 0 Å². The second kappa shape index (κ2) is 3.95. The molecule has 1 atom stereocenters. The van der Waals surface area contributed by atoms with Crippen LogP contribution in [0.2, 0.25) is 0 Å². The molecule has 3 nitrogen and oxygen atoms in total. The second-order valence-electron chi connectivity index (χ2n) is 3.57. The van der Waals surface area contributed by atoms with Gasteiger partial charge in [0.05, 0.1) is 0 Å². The Kier molecular flexibility index (Phi) is 2.64. The van der Waals surface area contributed by atoms with Crippen molar-refractivity contribution in [3.05, 3.63) is 36.9 Å². The van der Waals surface area contributed by atoms with Crippen molar-refractivity contribution in [1.29, 1.82) is 0 Å². The summed E-state index contributed by atoms with van der Waals surface area (Å²) in [6, 6.07) is 7.54. The molecule has 0 N–H and O–H groups in total. The smallest absolute Gasteiger partial charge is 0.231 e. The van der Waals surface area contributed by atoms with Gasteiger partial charge in [-0.2, -0.15) is 0 Å². The van der Waals surface area contributed by atoms with E-state index < -0.39 is 5.79 Å². The van der Waals surface area contributed by atoms with E-state index >= 15 is 0 Å². The van der Waals surface area contributed by atoms with E-state index in [1.165, 1.54) is 0 Å². The first-order valence-electron chi connectivity index (χ1n) is 4.89. The molecule has 1 fully saturated rings. The lowest BCUT2D eigenvalue weighted by atomic mass is 10.3. The molecule has 3 heteroatoms. The van der Waals surface area contributed by atoms with Crippen LogP contribution in [0.5, 0.6) is 11.5 Å². The second-order valence-corrected chi connectivity index (χ2v) is 3.57. The molecular weight excluding hydrogens is 192 g/mol. The number of rotatable bonds is 5. The Morgan fingerprint density at radius 1 is 1.47 bits per heavy atom. The van der Waals surface area contributed by atoms with Gasteiger partial charge in [0.25, 0.3) is 0 Å². The minimum Gasteiger partial charge on any atom is -0.486 e. The van der Waals surface area contributed by atoms with E-state index in [0.29, 0.717) is 24.7 Å². The van der Waals surface area contributed by atoms with Crippen LogP contribution in [-0.2, 0) is 4.74 Å². The number of para-hydroxylation sites is 2. The summed E-state index contributed by atoms with van der Waals surface area (Å²) in [4.78, 5) is 0. The monoisotopic (exact) mass is 206 g/mol. The highest BCUT2D eigenvalue weighted by atomic mass is 16.8. The number of epoxide rings is 1. The zero-order valence-corrected chi connectivity index (χ0v) is 8.73. The lowest BCUT2D eigenvalue weighted by Crippen LogP contribution is -2.15. The summed E-state index contributed by atoms with van der Waals surface area (Å²) >= 11 is 0. The van der Waals surface area contributed by atoms with Gasteiger partial charge >= 0.3 is 0 Å². The summed E-state index contributed by atoms with van der Waals surface area (Å²) in [7, 11) is 0. The van der Waals surface area contributed by atoms with Crippen molar-refractivity contribution >= 4 is 0 Å². The Morgan fingerprint density at radius 2 is 2.13 bits per heavy atom. The van der Waals surface area contributed by atoms with Crippen LogP contribution in [0.3, 0.4) is 0 Å². The lowest BCUT2D eigenvalue weighted by Gasteiger charge is -2.13. The van der Waals surface area contributed by atoms with Gasteiger partial charge in [-0.15, -0.1) is 0 Å². The molecule has 1 aliphatic heterocycles. The van der Waals surface area contributed by atoms with E-state index in [1.807, 2.05) is 31.2 Å². The first-order valence-corrected chi connectivity index (χ1v) is 4.89. The molecule has 0 radical (unpaired) electrons. The maximum absolute atomic E-state index is 5.66. The lowest BCUT2D eigenvalue weighted by molar-refractivity contribution is 0.0765. The van der Waals surface area contributed by atoms with Crippen molar-refractivity contribution in [3.63, 3.8) is 0 Å². The Bertz CT molecular complexity index is 356. The fourth-order valence-electron chi connectivity index (χ4n) is 1.20. The fourth-order valence-corrected chi connectivity index (χ4v) is 1.20. The molecule has 80 valence electrons. The van der Waals surface area contributed by atoms with Crippen LogP contribution in [0.4, 0.5) is 0 Å². The molecule has 2 rings (SSSR count). The van der Waals surface area contributed by atoms with Gasteiger partial charge < -0.3 is 14.2 Å². The zero-order chi connectivity index (χ0) is 10.7. The minimum absolute atomic E-state index is 0.465. The minimum atomic E-state index is -0.465. The van der Waals surface area contributed by atoms with Gasteiger partial charge in [0, 0.05) is 6.92 Å². The van der Waals surface area contributed by atoms with Gasteiger partial charge in [-0.1, -0.05) is 24.8 Å². The maximum Gasteiger partial charge on any atom is 0.231 e. The SMILES string of the molecule is C=CCOc1ccccc1OC1(C)CO1. The fraction of sp³-hybridized carbons (Fsp3) is 0.333. The Morgan fingerprint density at radius 3 is 2.73 bits per heavy atom. The quantitative estimate of drug-likeness (QED) is 0.547. The summed E-state index contributed by atoms with van der Waals surface area (Å²) in [5.74, 6) is 0.960. The highest BCUT2D eigenvalue weighted by molar-refractivity contribution is 5.40. The van der Waals surface area contributed by atoms with E-state index in [0.717, 1.165) is 0 Å². The molecule has 0 saturated carbocycles. The Balaban J connectivity index is 2.10. The van der Waals surface area contributed by atoms with Crippen molar-refractivity contribution < 1.29 is 14.2 Å².